The van der Waals surface area contributed by atoms with Gasteiger partial charge in [-0.25, -0.2) is 13.2 Å². The molecule has 0 radical (unpaired) electrons. The molecule has 3 rings (SSSR count). The monoisotopic (exact) mass is 445 g/mol. The van der Waals surface area contributed by atoms with Gasteiger partial charge in [0.25, 0.3) is 15.9 Å². The summed E-state index contributed by atoms with van der Waals surface area (Å²) in [7, 11) is -2.10. The highest BCUT2D eigenvalue weighted by Crippen LogP contribution is 2.22. The molecule has 0 bridgehead atoms. The fourth-order valence-electron chi connectivity index (χ4n) is 2.92. The van der Waals surface area contributed by atoms with Crippen molar-refractivity contribution in [3.8, 4) is 5.75 Å². The Morgan fingerprint density at radius 2 is 1.84 bits per heavy atom. The van der Waals surface area contributed by atoms with Crippen molar-refractivity contribution in [3.05, 3.63) is 59.7 Å². The number of ether oxygens (including phenoxy) is 2. The number of nitrogens with one attached hydrogen (secondary N) is 2. The number of hydrogen-bond donors (Lipinski definition) is 2. The second-order valence-electron chi connectivity index (χ2n) is 6.81. The largest absolute Gasteiger partial charge is 0.497 e. The summed E-state index contributed by atoms with van der Waals surface area (Å²) in [6, 6.07) is 12.8. The maximum Gasteiger partial charge on any atom is 0.331 e. The van der Waals surface area contributed by atoms with Crippen molar-refractivity contribution < 1.29 is 27.5 Å². The first-order valence-corrected chi connectivity index (χ1v) is 11.0. The summed E-state index contributed by atoms with van der Waals surface area (Å²) >= 11 is 0. The van der Waals surface area contributed by atoms with Crippen LogP contribution < -0.4 is 14.8 Å². The van der Waals surface area contributed by atoms with Crippen molar-refractivity contribution in [2.45, 2.75) is 24.3 Å². The zero-order valence-electron chi connectivity index (χ0n) is 17.1. The van der Waals surface area contributed by atoms with E-state index in [1.807, 2.05) is 24.3 Å². The molecule has 2 aromatic rings. The molecule has 2 N–H and O–H groups in total. The average Bonchev–Trinajstić information content (AvgIpc) is 3.02. The topological polar surface area (TPSA) is 123 Å². The molecule has 1 aliphatic heterocycles. The summed E-state index contributed by atoms with van der Waals surface area (Å²) in [5.41, 5.74) is 1.42. The first-order valence-electron chi connectivity index (χ1n) is 9.56. The Morgan fingerprint density at radius 3 is 2.55 bits per heavy atom. The second kappa shape index (κ2) is 9.61. The quantitative estimate of drug-likeness (QED) is 0.585. The lowest BCUT2D eigenvalue weighted by Gasteiger charge is -2.10. The Labute approximate surface area is 180 Å². The Morgan fingerprint density at radius 1 is 1.13 bits per heavy atom. The van der Waals surface area contributed by atoms with Gasteiger partial charge < -0.3 is 14.8 Å². The molecular formula is C21H23N3O6S. The number of amidine groups is 1. The molecule has 1 amide bonds. The van der Waals surface area contributed by atoms with Gasteiger partial charge in [0, 0.05) is 12.1 Å². The van der Waals surface area contributed by atoms with E-state index < -0.39 is 34.5 Å². The molecule has 1 heterocycles. The minimum absolute atomic E-state index is 0.0731. The molecule has 0 aromatic heterocycles. The molecular weight excluding hydrogens is 422 g/mol. The minimum Gasteiger partial charge on any atom is -0.497 e. The van der Waals surface area contributed by atoms with E-state index in [0.717, 1.165) is 11.3 Å². The molecule has 0 fully saturated rings. The van der Waals surface area contributed by atoms with Crippen LogP contribution in [0.5, 0.6) is 5.75 Å². The molecule has 164 valence electrons. The van der Waals surface area contributed by atoms with Gasteiger partial charge in [0.2, 0.25) is 0 Å². The number of benzene rings is 2. The van der Waals surface area contributed by atoms with E-state index in [-0.39, 0.29) is 10.7 Å². The molecule has 31 heavy (non-hydrogen) atoms. The van der Waals surface area contributed by atoms with Gasteiger partial charge in [-0.15, -0.1) is 0 Å². The molecule has 9 nitrogen and oxygen atoms in total. The van der Waals surface area contributed by atoms with Crippen LogP contribution in [0.2, 0.25) is 0 Å². The van der Waals surface area contributed by atoms with Crippen LogP contribution in [0.25, 0.3) is 0 Å². The molecule has 1 aliphatic rings. The Hall–Kier alpha value is -3.40. The predicted octanol–water partition coefficient (Wildman–Crippen LogP) is 1.02. The molecule has 2 aromatic carbocycles. The van der Waals surface area contributed by atoms with Crippen molar-refractivity contribution >= 4 is 27.7 Å². The third kappa shape index (κ3) is 5.60. The van der Waals surface area contributed by atoms with Crippen LogP contribution in [0.3, 0.4) is 0 Å². The maximum atomic E-state index is 12.2. The maximum absolute atomic E-state index is 12.2. The van der Waals surface area contributed by atoms with Crippen LogP contribution >= 0.6 is 0 Å². The van der Waals surface area contributed by atoms with Crippen molar-refractivity contribution in [2.24, 2.45) is 4.99 Å². The predicted molar refractivity (Wildman–Crippen MR) is 113 cm³/mol. The third-order valence-electron chi connectivity index (χ3n) is 4.57. The van der Waals surface area contributed by atoms with Gasteiger partial charge in [-0.3, -0.25) is 14.5 Å². The SMILES string of the molecule is COc1ccc(CCNC(=O)COC(=O)C(C)N=C2NS(=O)(=O)c3ccccc32)cc1. The lowest BCUT2D eigenvalue weighted by atomic mass is 10.1. The number of carbonyl (C=O) groups excluding carboxylic acids is 2. The highest BCUT2D eigenvalue weighted by molar-refractivity contribution is 7.90. The van der Waals surface area contributed by atoms with E-state index in [1.54, 1.807) is 25.3 Å². The Kier molecular flexibility index (Phi) is 6.91. The smallest absolute Gasteiger partial charge is 0.331 e. The number of hydrogen-bond acceptors (Lipinski definition) is 7. The number of fused-ring (bicyclic) bond motifs is 1. The number of esters is 1. The molecule has 10 heteroatoms. The van der Waals surface area contributed by atoms with Crippen LogP contribution in [-0.4, -0.2) is 52.4 Å². The highest BCUT2D eigenvalue weighted by atomic mass is 32.2. The number of methoxy groups -OCH3 is 1. The van der Waals surface area contributed by atoms with Crippen LogP contribution in [0, 0.1) is 0 Å². The number of nitrogens with zero attached hydrogens (tertiary/aromatic N) is 1. The summed E-state index contributed by atoms with van der Waals surface area (Å²) in [5, 5.41) is 2.68. The van der Waals surface area contributed by atoms with Crippen molar-refractivity contribution in [2.75, 3.05) is 20.3 Å². The number of rotatable bonds is 8. The van der Waals surface area contributed by atoms with E-state index in [9.17, 15) is 18.0 Å². The van der Waals surface area contributed by atoms with Gasteiger partial charge in [0.1, 0.15) is 17.6 Å². The number of sulfonamides is 1. The van der Waals surface area contributed by atoms with Crippen molar-refractivity contribution in [3.63, 3.8) is 0 Å². The standard InChI is InChI=1S/C21H23N3O6S/c1-14(23-20-17-5-3-4-6-18(17)31(27,28)24-20)21(26)30-13-19(25)22-12-11-15-7-9-16(29-2)10-8-15/h3-10,14H,11-13H2,1-2H3,(H,22,25)(H,23,24). The zero-order chi connectivity index (χ0) is 22.4. The van der Waals surface area contributed by atoms with Gasteiger partial charge in [-0.2, -0.15) is 0 Å². The van der Waals surface area contributed by atoms with Gasteiger partial charge in [0.15, 0.2) is 6.61 Å². The summed E-state index contributed by atoms with van der Waals surface area (Å²) in [4.78, 5) is 28.3. The fraction of sp³-hybridized carbons (Fsp3) is 0.286. The van der Waals surface area contributed by atoms with Crippen molar-refractivity contribution in [1.29, 1.82) is 0 Å². The molecule has 0 spiro atoms. The van der Waals surface area contributed by atoms with Crippen molar-refractivity contribution in [1.82, 2.24) is 10.0 Å². The summed E-state index contributed by atoms with van der Waals surface area (Å²) in [6.45, 7) is 1.41. The van der Waals surface area contributed by atoms with Crippen LogP contribution in [-0.2, 0) is 30.8 Å². The van der Waals surface area contributed by atoms with E-state index in [0.29, 0.717) is 18.5 Å². The summed E-state index contributed by atoms with van der Waals surface area (Å²) in [5.74, 6) is -0.342. The third-order valence-corrected chi connectivity index (χ3v) is 5.96. The van der Waals surface area contributed by atoms with Gasteiger partial charge in [-0.05, 0) is 43.2 Å². The van der Waals surface area contributed by atoms with E-state index in [1.165, 1.54) is 13.0 Å². The number of amides is 1. The van der Waals surface area contributed by atoms with E-state index in [4.69, 9.17) is 9.47 Å². The normalized spacial score (nSPS) is 16.1. The molecule has 1 atom stereocenters. The van der Waals surface area contributed by atoms with Crippen LogP contribution in [0.4, 0.5) is 0 Å². The average molecular weight is 445 g/mol. The Bertz CT molecular complexity index is 1100. The minimum atomic E-state index is -3.69. The van der Waals surface area contributed by atoms with E-state index >= 15 is 0 Å². The second-order valence-corrected chi connectivity index (χ2v) is 8.46. The molecule has 1 unspecified atom stereocenters. The molecule has 0 saturated carbocycles. The Balaban J connectivity index is 1.47. The lowest BCUT2D eigenvalue weighted by Crippen LogP contribution is -2.32. The van der Waals surface area contributed by atoms with Gasteiger partial charge in [0.05, 0.1) is 12.0 Å². The molecule has 0 saturated heterocycles. The summed E-state index contributed by atoms with van der Waals surface area (Å²) < 4.78 is 36.6. The molecule has 0 aliphatic carbocycles. The highest BCUT2D eigenvalue weighted by Gasteiger charge is 2.31. The van der Waals surface area contributed by atoms with Crippen LogP contribution in [0.1, 0.15) is 18.1 Å². The first-order chi connectivity index (χ1) is 14.8. The first kappa shape index (κ1) is 22.3. The van der Waals surface area contributed by atoms with Gasteiger partial charge in [-0.1, -0.05) is 24.3 Å². The zero-order valence-corrected chi connectivity index (χ0v) is 17.9. The number of carbonyl (C=O) groups is 2. The van der Waals surface area contributed by atoms with E-state index in [2.05, 4.69) is 15.0 Å². The number of aliphatic imine (C=N–C) groups is 1. The summed E-state index contributed by atoms with van der Waals surface area (Å²) in [6.07, 6.45) is 0.618. The fourth-order valence-corrected chi connectivity index (χ4v) is 4.16. The lowest BCUT2D eigenvalue weighted by molar-refractivity contribution is -0.149. The van der Waals surface area contributed by atoms with Crippen LogP contribution in [0.15, 0.2) is 58.4 Å². The van der Waals surface area contributed by atoms with Gasteiger partial charge >= 0.3 is 5.97 Å².